The molecular weight excluding hydrogens is 378 g/mol. The van der Waals surface area contributed by atoms with E-state index in [1.807, 2.05) is 18.2 Å². The molecule has 2 amide bonds. The Hall–Kier alpha value is -2.67. The lowest BCUT2D eigenvalue weighted by atomic mass is 10.1. The summed E-state index contributed by atoms with van der Waals surface area (Å²) in [5.41, 5.74) is 2.80. The summed E-state index contributed by atoms with van der Waals surface area (Å²) in [6, 6.07) is 7.92. The fraction of sp³-hybridized carbons (Fsp3) is 0.522. The molecule has 1 saturated heterocycles. The second-order valence-electron chi connectivity index (χ2n) is 8.07. The Labute approximate surface area is 178 Å². The number of nitrogens with zero attached hydrogens (tertiary/aromatic N) is 3. The Kier molecular flexibility index (Phi) is 7.63. The van der Waals surface area contributed by atoms with Crippen molar-refractivity contribution in [2.24, 2.45) is 0 Å². The standard InChI is InChI=1S/C23H33N5O2/c1-4-5-10-24-22(29)8-9-23(30)25-18-6-7-20-19(16-18)17(2)15-21(26-20)28-13-11-27(3)12-14-28/h6-7,15-16H,4-5,8-14H2,1-3H3,(H,24,29)(H,25,30). The van der Waals surface area contributed by atoms with Gasteiger partial charge in [-0.1, -0.05) is 13.3 Å². The predicted octanol–water partition coefficient (Wildman–Crippen LogP) is 2.93. The molecule has 1 aromatic heterocycles. The van der Waals surface area contributed by atoms with Crippen molar-refractivity contribution < 1.29 is 9.59 Å². The number of likely N-dealkylation sites (N-methyl/N-ethyl adjacent to an activating group) is 1. The van der Waals surface area contributed by atoms with Crippen molar-refractivity contribution in [1.82, 2.24) is 15.2 Å². The van der Waals surface area contributed by atoms with Crippen LogP contribution in [0.2, 0.25) is 0 Å². The van der Waals surface area contributed by atoms with Gasteiger partial charge in [0, 0.05) is 56.6 Å². The van der Waals surface area contributed by atoms with E-state index in [9.17, 15) is 9.59 Å². The number of anilines is 2. The van der Waals surface area contributed by atoms with Crippen molar-refractivity contribution >= 4 is 34.2 Å². The summed E-state index contributed by atoms with van der Waals surface area (Å²) in [5, 5.41) is 6.77. The van der Waals surface area contributed by atoms with Gasteiger partial charge in [-0.3, -0.25) is 9.59 Å². The maximum absolute atomic E-state index is 12.2. The van der Waals surface area contributed by atoms with Crippen LogP contribution in [0.3, 0.4) is 0 Å². The first-order valence-electron chi connectivity index (χ1n) is 10.9. The highest BCUT2D eigenvalue weighted by atomic mass is 16.2. The lowest BCUT2D eigenvalue weighted by molar-refractivity contribution is -0.124. The number of piperazine rings is 1. The zero-order chi connectivity index (χ0) is 21.5. The van der Waals surface area contributed by atoms with E-state index in [4.69, 9.17) is 4.98 Å². The van der Waals surface area contributed by atoms with Crippen LogP contribution in [0.5, 0.6) is 0 Å². The molecule has 0 spiro atoms. The molecule has 162 valence electrons. The number of benzene rings is 1. The monoisotopic (exact) mass is 411 g/mol. The van der Waals surface area contributed by atoms with Crippen molar-refractivity contribution in [2.75, 3.05) is 50.0 Å². The quantitative estimate of drug-likeness (QED) is 0.653. The van der Waals surface area contributed by atoms with Crippen LogP contribution in [0.25, 0.3) is 10.9 Å². The zero-order valence-corrected chi connectivity index (χ0v) is 18.3. The molecule has 30 heavy (non-hydrogen) atoms. The summed E-state index contributed by atoms with van der Waals surface area (Å²) in [6.45, 7) is 8.87. The van der Waals surface area contributed by atoms with Crippen LogP contribution in [0.4, 0.5) is 11.5 Å². The molecule has 0 atom stereocenters. The van der Waals surface area contributed by atoms with Crippen LogP contribution in [0, 0.1) is 6.92 Å². The second-order valence-corrected chi connectivity index (χ2v) is 8.07. The number of fused-ring (bicyclic) bond motifs is 1. The number of pyridine rings is 1. The lowest BCUT2D eigenvalue weighted by Crippen LogP contribution is -2.44. The van der Waals surface area contributed by atoms with Crippen LogP contribution in [0.1, 0.15) is 38.2 Å². The summed E-state index contributed by atoms with van der Waals surface area (Å²) >= 11 is 0. The van der Waals surface area contributed by atoms with E-state index < -0.39 is 0 Å². The molecule has 2 aromatic rings. The second kappa shape index (κ2) is 10.4. The topological polar surface area (TPSA) is 77.6 Å². The van der Waals surface area contributed by atoms with Crippen LogP contribution >= 0.6 is 0 Å². The Morgan fingerprint density at radius 3 is 2.53 bits per heavy atom. The smallest absolute Gasteiger partial charge is 0.224 e. The highest BCUT2D eigenvalue weighted by Gasteiger charge is 2.16. The van der Waals surface area contributed by atoms with Gasteiger partial charge in [0.2, 0.25) is 11.8 Å². The van der Waals surface area contributed by atoms with Gasteiger partial charge in [-0.2, -0.15) is 0 Å². The Bertz CT molecular complexity index is 891. The lowest BCUT2D eigenvalue weighted by Gasteiger charge is -2.33. The largest absolute Gasteiger partial charge is 0.356 e. The molecule has 1 aliphatic rings. The van der Waals surface area contributed by atoms with E-state index in [1.165, 1.54) is 0 Å². The number of rotatable bonds is 8. The van der Waals surface area contributed by atoms with E-state index >= 15 is 0 Å². The van der Waals surface area contributed by atoms with Crippen molar-refractivity contribution in [3.8, 4) is 0 Å². The van der Waals surface area contributed by atoms with Crippen LogP contribution in [-0.4, -0.2) is 61.5 Å². The summed E-state index contributed by atoms with van der Waals surface area (Å²) in [7, 11) is 2.14. The minimum Gasteiger partial charge on any atom is -0.356 e. The molecule has 1 fully saturated rings. The Morgan fingerprint density at radius 1 is 1.07 bits per heavy atom. The minimum atomic E-state index is -0.153. The number of hydrogen-bond acceptors (Lipinski definition) is 5. The number of unbranched alkanes of at least 4 members (excludes halogenated alkanes) is 1. The summed E-state index contributed by atoms with van der Waals surface area (Å²) in [6.07, 6.45) is 2.38. The van der Waals surface area contributed by atoms with Gasteiger partial charge in [-0.25, -0.2) is 4.98 Å². The van der Waals surface area contributed by atoms with Gasteiger partial charge < -0.3 is 20.4 Å². The molecule has 2 heterocycles. The average Bonchev–Trinajstić information content (AvgIpc) is 2.73. The highest BCUT2D eigenvalue weighted by molar-refractivity contribution is 5.96. The molecule has 7 nitrogen and oxygen atoms in total. The number of hydrogen-bond donors (Lipinski definition) is 2. The normalized spacial score (nSPS) is 14.7. The average molecular weight is 412 g/mol. The molecule has 0 saturated carbocycles. The Balaban J connectivity index is 1.61. The summed E-state index contributed by atoms with van der Waals surface area (Å²) in [4.78, 5) is 33.5. The molecule has 1 aliphatic heterocycles. The van der Waals surface area contributed by atoms with E-state index in [-0.39, 0.29) is 24.7 Å². The zero-order valence-electron chi connectivity index (χ0n) is 18.3. The first kappa shape index (κ1) is 22.0. The van der Waals surface area contributed by atoms with Crippen molar-refractivity contribution in [2.45, 2.75) is 39.5 Å². The molecule has 1 aromatic carbocycles. The van der Waals surface area contributed by atoms with Gasteiger partial charge in [0.05, 0.1) is 5.52 Å². The fourth-order valence-corrected chi connectivity index (χ4v) is 3.60. The fourth-order valence-electron chi connectivity index (χ4n) is 3.60. The van der Waals surface area contributed by atoms with Gasteiger partial charge in [-0.05, 0) is 50.2 Å². The van der Waals surface area contributed by atoms with Crippen LogP contribution in [0.15, 0.2) is 24.3 Å². The van der Waals surface area contributed by atoms with Crippen molar-refractivity contribution in [3.63, 3.8) is 0 Å². The Morgan fingerprint density at radius 2 is 1.80 bits per heavy atom. The molecule has 0 radical (unpaired) electrons. The van der Waals surface area contributed by atoms with Gasteiger partial charge in [0.1, 0.15) is 5.82 Å². The van der Waals surface area contributed by atoms with Crippen LogP contribution < -0.4 is 15.5 Å². The molecule has 2 N–H and O–H groups in total. The molecule has 0 unspecified atom stereocenters. The van der Waals surface area contributed by atoms with E-state index in [1.54, 1.807) is 0 Å². The summed E-state index contributed by atoms with van der Waals surface area (Å²) in [5.74, 6) is 0.784. The van der Waals surface area contributed by atoms with Crippen LogP contribution in [-0.2, 0) is 9.59 Å². The maximum atomic E-state index is 12.2. The third kappa shape index (κ3) is 5.92. The number of carbonyl (C=O) groups excluding carboxylic acids is 2. The number of aromatic nitrogens is 1. The van der Waals surface area contributed by atoms with Gasteiger partial charge in [-0.15, -0.1) is 0 Å². The first-order chi connectivity index (χ1) is 14.5. The highest BCUT2D eigenvalue weighted by Crippen LogP contribution is 2.26. The van der Waals surface area contributed by atoms with Gasteiger partial charge in [0.15, 0.2) is 0 Å². The maximum Gasteiger partial charge on any atom is 0.224 e. The molecule has 0 bridgehead atoms. The minimum absolute atomic E-state index is 0.0754. The predicted molar refractivity (Wildman–Crippen MR) is 122 cm³/mol. The number of nitrogens with one attached hydrogen (secondary N) is 2. The number of aryl methyl sites for hydroxylation is 1. The third-order valence-corrected chi connectivity index (χ3v) is 5.54. The summed E-state index contributed by atoms with van der Waals surface area (Å²) < 4.78 is 0. The number of amides is 2. The van der Waals surface area contributed by atoms with Crippen molar-refractivity contribution in [3.05, 3.63) is 29.8 Å². The molecule has 3 rings (SSSR count). The SMILES string of the molecule is CCCCNC(=O)CCC(=O)Nc1ccc2nc(N3CCN(C)CC3)cc(C)c2c1. The van der Waals surface area contributed by atoms with Gasteiger partial charge in [0.25, 0.3) is 0 Å². The first-order valence-corrected chi connectivity index (χ1v) is 10.9. The molecule has 7 heteroatoms. The van der Waals surface area contributed by atoms with E-state index in [0.29, 0.717) is 6.54 Å². The molecular formula is C23H33N5O2. The van der Waals surface area contributed by atoms with E-state index in [2.05, 4.69) is 47.4 Å². The van der Waals surface area contributed by atoms with E-state index in [0.717, 1.165) is 67.0 Å². The van der Waals surface area contributed by atoms with Crippen molar-refractivity contribution in [1.29, 1.82) is 0 Å². The van der Waals surface area contributed by atoms with Gasteiger partial charge >= 0.3 is 0 Å². The molecule has 0 aliphatic carbocycles. The number of carbonyl (C=O) groups is 2. The third-order valence-electron chi connectivity index (χ3n) is 5.54.